The molecule has 7 heteroatoms. The van der Waals surface area contributed by atoms with Crippen LogP contribution in [0.25, 0.3) is 16.5 Å². The highest BCUT2D eigenvalue weighted by Gasteiger charge is 2.25. The van der Waals surface area contributed by atoms with Crippen molar-refractivity contribution < 1.29 is 18.9 Å². The minimum absolute atomic E-state index is 0.0703. The van der Waals surface area contributed by atoms with Gasteiger partial charge < -0.3 is 24.3 Å². The normalized spacial score (nSPS) is 14.4. The first-order valence-corrected chi connectivity index (χ1v) is 11.3. The monoisotopic (exact) mass is 459 g/mol. The summed E-state index contributed by atoms with van der Waals surface area (Å²) in [5, 5.41) is 13.6. The Balaban J connectivity index is 1.80. The summed E-state index contributed by atoms with van der Waals surface area (Å²) in [5.74, 6) is 2.61. The molecule has 0 bridgehead atoms. The molecule has 1 aliphatic rings. The second-order valence-electron chi connectivity index (χ2n) is 8.11. The van der Waals surface area contributed by atoms with Gasteiger partial charge in [0, 0.05) is 23.6 Å². The van der Waals surface area contributed by atoms with Crippen LogP contribution in [-0.4, -0.2) is 32.9 Å². The van der Waals surface area contributed by atoms with Crippen LogP contribution in [0.15, 0.2) is 42.6 Å². The van der Waals surface area contributed by atoms with Gasteiger partial charge in [0.1, 0.15) is 11.8 Å². The average Bonchev–Trinajstić information content (AvgIpc) is 2.87. The number of allylic oxidation sites excluding steroid dienone is 1. The van der Waals surface area contributed by atoms with Crippen molar-refractivity contribution in [3.8, 4) is 29.2 Å². The van der Waals surface area contributed by atoms with E-state index in [4.69, 9.17) is 29.2 Å². The highest BCUT2D eigenvalue weighted by molar-refractivity contribution is 5.83. The lowest BCUT2D eigenvalue weighted by Gasteiger charge is -2.29. The lowest BCUT2D eigenvalue weighted by atomic mass is 9.87. The molecule has 0 spiro atoms. The molecule has 2 heterocycles. The first kappa shape index (κ1) is 23.2. The van der Waals surface area contributed by atoms with Gasteiger partial charge in [0.2, 0.25) is 5.88 Å². The van der Waals surface area contributed by atoms with Crippen LogP contribution in [0, 0.1) is 11.3 Å². The molecule has 0 fully saturated rings. The Morgan fingerprint density at radius 1 is 1.03 bits per heavy atom. The summed E-state index contributed by atoms with van der Waals surface area (Å²) in [7, 11) is 4.94. The standard InChI is InChI=1S/C27H29N3O4/c1-5-6-24-22-15-26(33-4)25(32-3)14-21(22)19(16-29-24)12-18-11-17-13-20(31-2)7-8-23(17)30-27(18)34-10-9-28/h7-8,11,13-16,24,29H,5-6,10,12H2,1-4H3. The molecule has 34 heavy (non-hydrogen) atoms. The van der Waals surface area contributed by atoms with Crippen LogP contribution in [0.2, 0.25) is 0 Å². The van der Waals surface area contributed by atoms with Gasteiger partial charge in [-0.15, -0.1) is 0 Å². The maximum atomic E-state index is 9.07. The highest BCUT2D eigenvalue weighted by Crippen LogP contribution is 2.41. The average molecular weight is 460 g/mol. The second-order valence-corrected chi connectivity index (χ2v) is 8.11. The zero-order valence-electron chi connectivity index (χ0n) is 20.0. The molecule has 4 rings (SSSR count). The van der Waals surface area contributed by atoms with Crippen molar-refractivity contribution in [3.05, 3.63) is 59.3 Å². The van der Waals surface area contributed by atoms with Crippen molar-refractivity contribution >= 4 is 16.5 Å². The fourth-order valence-corrected chi connectivity index (χ4v) is 4.37. The molecular formula is C27H29N3O4. The van der Waals surface area contributed by atoms with Gasteiger partial charge in [-0.1, -0.05) is 13.3 Å². The minimum atomic E-state index is -0.0703. The molecule has 1 unspecified atom stereocenters. The molecule has 1 atom stereocenters. The van der Waals surface area contributed by atoms with Crippen molar-refractivity contribution in [1.29, 1.82) is 5.26 Å². The van der Waals surface area contributed by atoms with Crippen molar-refractivity contribution in [2.75, 3.05) is 27.9 Å². The number of nitrogens with one attached hydrogen (secondary N) is 1. The molecule has 1 aliphatic heterocycles. The molecule has 0 saturated heterocycles. The Morgan fingerprint density at radius 3 is 2.53 bits per heavy atom. The molecule has 1 N–H and O–H groups in total. The van der Waals surface area contributed by atoms with E-state index in [2.05, 4.69) is 30.6 Å². The Hall–Kier alpha value is -3.92. The molecule has 2 aromatic carbocycles. The molecular weight excluding hydrogens is 430 g/mol. The highest BCUT2D eigenvalue weighted by atomic mass is 16.5. The number of pyridine rings is 1. The van der Waals surface area contributed by atoms with Crippen LogP contribution in [0.1, 0.15) is 42.5 Å². The predicted molar refractivity (Wildman–Crippen MR) is 131 cm³/mol. The molecule has 176 valence electrons. The van der Waals surface area contributed by atoms with Gasteiger partial charge in [0.25, 0.3) is 0 Å². The van der Waals surface area contributed by atoms with Gasteiger partial charge in [0.05, 0.1) is 32.9 Å². The topological polar surface area (TPSA) is 85.6 Å². The van der Waals surface area contributed by atoms with Crippen molar-refractivity contribution in [2.24, 2.45) is 0 Å². The third-order valence-corrected chi connectivity index (χ3v) is 6.03. The first-order valence-electron chi connectivity index (χ1n) is 11.3. The summed E-state index contributed by atoms with van der Waals surface area (Å²) in [6.45, 7) is 2.11. The lowest BCUT2D eigenvalue weighted by molar-refractivity contribution is 0.351. The largest absolute Gasteiger partial charge is 0.497 e. The van der Waals surface area contributed by atoms with Gasteiger partial charge in [-0.25, -0.2) is 4.98 Å². The van der Waals surface area contributed by atoms with Crippen LogP contribution in [-0.2, 0) is 6.42 Å². The summed E-state index contributed by atoms with van der Waals surface area (Å²) in [6, 6.07) is 14.1. The van der Waals surface area contributed by atoms with E-state index in [0.717, 1.165) is 46.2 Å². The number of ether oxygens (including phenoxy) is 4. The van der Waals surface area contributed by atoms with Gasteiger partial charge in [-0.05, 0) is 59.5 Å². The van der Waals surface area contributed by atoms with E-state index in [0.29, 0.717) is 23.8 Å². The Labute approximate surface area is 199 Å². The fourth-order valence-electron chi connectivity index (χ4n) is 4.37. The summed E-state index contributed by atoms with van der Waals surface area (Å²) in [5.41, 5.74) is 5.02. The lowest BCUT2D eigenvalue weighted by Crippen LogP contribution is -2.22. The molecule has 0 saturated carbocycles. The number of aromatic nitrogens is 1. The maximum Gasteiger partial charge on any atom is 0.218 e. The van der Waals surface area contributed by atoms with E-state index in [1.807, 2.05) is 30.3 Å². The van der Waals surface area contributed by atoms with Crippen molar-refractivity contribution in [2.45, 2.75) is 32.2 Å². The van der Waals surface area contributed by atoms with Gasteiger partial charge in [-0.2, -0.15) is 5.26 Å². The van der Waals surface area contributed by atoms with Gasteiger partial charge >= 0.3 is 0 Å². The summed E-state index contributed by atoms with van der Waals surface area (Å²) in [6.07, 6.45) is 4.69. The predicted octanol–water partition coefficient (Wildman–Crippen LogP) is 5.19. The SMILES string of the molecule is CCCC1NC=C(Cc2cc3cc(OC)ccc3nc2OCC#N)c2cc(OC)c(OC)cc21. The summed E-state index contributed by atoms with van der Waals surface area (Å²) >= 11 is 0. The van der Waals surface area contributed by atoms with E-state index >= 15 is 0 Å². The zero-order chi connectivity index (χ0) is 24.1. The second kappa shape index (κ2) is 10.3. The number of fused-ring (bicyclic) bond motifs is 2. The smallest absolute Gasteiger partial charge is 0.218 e. The number of hydrogen-bond acceptors (Lipinski definition) is 7. The number of benzene rings is 2. The third-order valence-electron chi connectivity index (χ3n) is 6.03. The van der Waals surface area contributed by atoms with Crippen molar-refractivity contribution in [1.82, 2.24) is 10.3 Å². The Bertz CT molecular complexity index is 1260. The van der Waals surface area contributed by atoms with Crippen LogP contribution in [0.4, 0.5) is 0 Å². The number of nitrogens with zero attached hydrogens (tertiary/aromatic N) is 2. The molecule has 7 nitrogen and oxygen atoms in total. The quantitative estimate of drug-likeness (QED) is 0.471. The van der Waals surface area contributed by atoms with Crippen molar-refractivity contribution in [3.63, 3.8) is 0 Å². The maximum absolute atomic E-state index is 9.07. The summed E-state index contributed by atoms with van der Waals surface area (Å²) in [4.78, 5) is 4.69. The van der Waals surface area contributed by atoms with E-state index in [9.17, 15) is 0 Å². The molecule has 0 aliphatic carbocycles. The van der Waals surface area contributed by atoms with E-state index in [-0.39, 0.29) is 12.6 Å². The fraction of sp³-hybridized carbons (Fsp3) is 0.333. The molecule has 3 aromatic rings. The molecule has 1 aromatic heterocycles. The van der Waals surface area contributed by atoms with Gasteiger partial charge in [0.15, 0.2) is 18.1 Å². The number of rotatable bonds is 9. The Morgan fingerprint density at radius 2 is 1.82 bits per heavy atom. The number of nitriles is 1. The molecule has 0 amide bonds. The number of methoxy groups -OCH3 is 3. The summed E-state index contributed by atoms with van der Waals surface area (Å²) < 4.78 is 22.3. The zero-order valence-corrected chi connectivity index (χ0v) is 20.0. The minimum Gasteiger partial charge on any atom is -0.497 e. The third kappa shape index (κ3) is 4.58. The van der Waals surface area contributed by atoms with Gasteiger partial charge in [-0.3, -0.25) is 0 Å². The van der Waals surface area contributed by atoms with Crippen LogP contribution in [0.3, 0.4) is 0 Å². The van der Waals surface area contributed by atoms with Crippen LogP contribution < -0.4 is 24.3 Å². The van der Waals surface area contributed by atoms with E-state index in [1.165, 1.54) is 5.56 Å². The molecule has 0 radical (unpaired) electrons. The number of hydrogen-bond donors (Lipinski definition) is 1. The van der Waals surface area contributed by atoms with Crippen LogP contribution >= 0.6 is 0 Å². The first-order chi connectivity index (χ1) is 16.6. The van der Waals surface area contributed by atoms with E-state index < -0.39 is 0 Å². The Kier molecular flexibility index (Phi) is 7.07. The van der Waals surface area contributed by atoms with Crippen LogP contribution in [0.5, 0.6) is 23.1 Å². The van der Waals surface area contributed by atoms with E-state index in [1.54, 1.807) is 21.3 Å².